The summed E-state index contributed by atoms with van der Waals surface area (Å²) in [5.74, 6) is 0.249. The van der Waals surface area contributed by atoms with E-state index in [-0.39, 0.29) is 17.7 Å². The second-order valence-electron chi connectivity index (χ2n) is 5.53. The van der Waals surface area contributed by atoms with E-state index in [2.05, 4.69) is 48.5 Å². The Morgan fingerprint density at radius 1 is 0.895 bits per heavy atom. The van der Waals surface area contributed by atoms with Crippen molar-refractivity contribution in [1.82, 2.24) is 0 Å². The molecule has 0 fully saturated rings. The second kappa shape index (κ2) is 3.70. The van der Waals surface area contributed by atoms with Gasteiger partial charge in [-0.2, -0.15) is 0 Å². The molecule has 2 aromatic carbocycles. The monoisotopic (exact) mass is 249 g/mol. The lowest BCUT2D eigenvalue weighted by molar-refractivity contribution is -0.122. The first-order valence-corrected chi connectivity index (χ1v) is 6.74. The minimum atomic E-state index is -0.168. The van der Waals surface area contributed by atoms with Gasteiger partial charge in [-0.1, -0.05) is 48.5 Å². The fourth-order valence-corrected chi connectivity index (χ4v) is 3.92. The maximum Gasteiger partial charge on any atom is 0.221 e. The Kier molecular flexibility index (Phi) is 2.10. The average molecular weight is 249 g/mol. The van der Waals surface area contributed by atoms with Gasteiger partial charge in [0.1, 0.15) is 0 Å². The summed E-state index contributed by atoms with van der Waals surface area (Å²) in [4.78, 5) is 11.8. The molecule has 0 aliphatic heterocycles. The van der Waals surface area contributed by atoms with Crippen molar-refractivity contribution in [1.29, 1.82) is 0 Å². The number of primary amides is 1. The zero-order valence-electron chi connectivity index (χ0n) is 10.5. The molecule has 2 bridgehead atoms. The molecule has 0 heterocycles. The van der Waals surface area contributed by atoms with E-state index in [1.54, 1.807) is 0 Å². The Morgan fingerprint density at radius 3 is 1.84 bits per heavy atom. The van der Waals surface area contributed by atoms with Gasteiger partial charge in [0, 0.05) is 17.8 Å². The smallest absolute Gasteiger partial charge is 0.221 e. The highest BCUT2D eigenvalue weighted by Gasteiger charge is 2.45. The van der Waals surface area contributed by atoms with Crippen LogP contribution in [0.4, 0.5) is 0 Å². The Bertz CT molecular complexity index is 629. The van der Waals surface area contributed by atoms with Gasteiger partial charge >= 0.3 is 0 Å². The molecule has 0 saturated heterocycles. The number of benzene rings is 2. The Labute approximate surface area is 112 Å². The van der Waals surface area contributed by atoms with Gasteiger partial charge in [0.25, 0.3) is 0 Å². The summed E-state index contributed by atoms with van der Waals surface area (Å²) in [6.07, 6.45) is 0.855. The fraction of sp³-hybridized carbons (Fsp3) is 0.235. The molecule has 2 heteroatoms. The first-order valence-electron chi connectivity index (χ1n) is 6.74. The summed E-state index contributed by atoms with van der Waals surface area (Å²) in [6.45, 7) is 0. The number of rotatable bonds is 1. The molecule has 2 nitrogen and oxygen atoms in total. The molecule has 0 aromatic heterocycles. The van der Waals surface area contributed by atoms with Crippen LogP contribution in [0.5, 0.6) is 0 Å². The maximum atomic E-state index is 11.8. The van der Waals surface area contributed by atoms with Crippen LogP contribution in [0.3, 0.4) is 0 Å². The van der Waals surface area contributed by atoms with Gasteiger partial charge in [0.15, 0.2) is 0 Å². The highest BCUT2D eigenvalue weighted by Crippen LogP contribution is 2.55. The number of amides is 1. The van der Waals surface area contributed by atoms with E-state index < -0.39 is 0 Å². The SMILES string of the molecule is NC(=O)[C@H]1CC2c3ccccc3C1c1ccccc12. The molecule has 2 N–H and O–H groups in total. The highest BCUT2D eigenvalue weighted by atomic mass is 16.1. The molecule has 0 unspecified atom stereocenters. The van der Waals surface area contributed by atoms with Gasteiger partial charge in [-0.05, 0) is 28.7 Å². The molecule has 1 amide bonds. The third kappa shape index (κ3) is 1.34. The summed E-state index contributed by atoms with van der Waals surface area (Å²) in [5.41, 5.74) is 11.0. The molecule has 1 atom stereocenters. The lowest BCUT2D eigenvalue weighted by Crippen LogP contribution is -2.39. The van der Waals surface area contributed by atoms with Crippen LogP contribution in [-0.2, 0) is 4.79 Å². The summed E-state index contributed by atoms with van der Waals surface area (Å²) in [6, 6.07) is 17.0. The quantitative estimate of drug-likeness (QED) is 0.829. The molecule has 3 aliphatic rings. The molecule has 2 aromatic rings. The van der Waals surface area contributed by atoms with E-state index >= 15 is 0 Å². The van der Waals surface area contributed by atoms with Crippen molar-refractivity contribution in [2.24, 2.45) is 11.7 Å². The molecular weight excluding hydrogens is 234 g/mol. The number of fused-ring (bicyclic) bond motifs is 1. The molecule has 19 heavy (non-hydrogen) atoms. The predicted octanol–water partition coefficient (Wildman–Crippen LogP) is 2.77. The summed E-state index contributed by atoms with van der Waals surface area (Å²) < 4.78 is 0. The van der Waals surface area contributed by atoms with E-state index in [1.165, 1.54) is 22.3 Å². The lowest BCUT2D eigenvalue weighted by atomic mass is 9.59. The maximum absolute atomic E-state index is 11.8. The van der Waals surface area contributed by atoms with Crippen molar-refractivity contribution in [3.8, 4) is 0 Å². The zero-order valence-corrected chi connectivity index (χ0v) is 10.5. The summed E-state index contributed by atoms with van der Waals surface area (Å²) >= 11 is 0. The van der Waals surface area contributed by atoms with Crippen molar-refractivity contribution in [2.45, 2.75) is 18.3 Å². The van der Waals surface area contributed by atoms with Crippen molar-refractivity contribution in [2.75, 3.05) is 0 Å². The van der Waals surface area contributed by atoms with Gasteiger partial charge in [-0.15, -0.1) is 0 Å². The van der Waals surface area contributed by atoms with Crippen LogP contribution in [0.15, 0.2) is 48.5 Å². The molecule has 0 saturated carbocycles. The minimum absolute atomic E-state index is 0.0604. The first kappa shape index (κ1) is 10.8. The topological polar surface area (TPSA) is 43.1 Å². The number of hydrogen-bond acceptors (Lipinski definition) is 1. The molecule has 94 valence electrons. The van der Waals surface area contributed by atoms with E-state index in [4.69, 9.17) is 5.73 Å². The van der Waals surface area contributed by atoms with Crippen LogP contribution in [0.2, 0.25) is 0 Å². The molecule has 3 aliphatic carbocycles. The van der Waals surface area contributed by atoms with E-state index in [0.717, 1.165) is 6.42 Å². The van der Waals surface area contributed by atoms with Crippen LogP contribution in [-0.4, -0.2) is 5.91 Å². The average Bonchev–Trinajstić information content (AvgIpc) is 2.47. The van der Waals surface area contributed by atoms with Gasteiger partial charge in [-0.3, -0.25) is 4.79 Å². The Hall–Kier alpha value is -2.09. The largest absolute Gasteiger partial charge is 0.369 e. The Balaban J connectivity index is 2.01. The second-order valence-corrected chi connectivity index (χ2v) is 5.53. The lowest BCUT2D eigenvalue weighted by Gasteiger charge is -2.44. The van der Waals surface area contributed by atoms with Gasteiger partial charge in [-0.25, -0.2) is 0 Å². The molecule has 0 radical (unpaired) electrons. The fourth-order valence-electron chi connectivity index (χ4n) is 3.92. The number of hydrogen-bond donors (Lipinski definition) is 1. The molecular formula is C17H15NO. The predicted molar refractivity (Wildman–Crippen MR) is 73.9 cm³/mol. The molecule has 0 spiro atoms. The molecule has 5 rings (SSSR count). The third-order valence-electron chi connectivity index (χ3n) is 4.67. The standard InChI is InChI=1S/C17H15NO/c18-17(19)15-9-14-10-5-1-3-7-12(10)16(15)13-8-4-2-6-11(13)14/h1-8,14-16H,9H2,(H2,18,19)/t14?,15-,16?/m0/s1. The van der Waals surface area contributed by atoms with Crippen molar-refractivity contribution < 1.29 is 4.79 Å². The third-order valence-corrected chi connectivity index (χ3v) is 4.67. The van der Waals surface area contributed by atoms with Gasteiger partial charge in [0.05, 0.1) is 0 Å². The number of nitrogens with two attached hydrogens (primary N) is 1. The minimum Gasteiger partial charge on any atom is -0.369 e. The highest BCUT2D eigenvalue weighted by molar-refractivity contribution is 5.81. The Morgan fingerprint density at radius 2 is 1.37 bits per heavy atom. The summed E-state index contributed by atoms with van der Waals surface area (Å²) in [5, 5.41) is 0. The van der Waals surface area contributed by atoms with Crippen LogP contribution in [0.1, 0.15) is 40.5 Å². The van der Waals surface area contributed by atoms with Crippen molar-refractivity contribution in [3.05, 3.63) is 70.8 Å². The number of carbonyl (C=O) groups excluding carboxylic acids is 1. The van der Waals surface area contributed by atoms with E-state index in [0.29, 0.717) is 5.92 Å². The number of carbonyl (C=O) groups is 1. The van der Waals surface area contributed by atoms with Crippen molar-refractivity contribution >= 4 is 5.91 Å². The van der Waals surface area contributed by atoms with Crippen LogP contribution < -0.4 is 5.73 Å². The van der Waals surface area contributed by atoms with E-state index in [9.17, 15) is 4.79 Å². The normalized spacial score (nSPS) is 26.6. The summed E-state index contributed by atoms with van der Waals surface area (Å²) in [7, 11) is 0. The van der Waals surface area contributed by atoms with Gasteiger partial charge < -0.3 is 5.73 Å². The first-order chi connectivity index (χ1) is 9.27. The zero-order chi connectivity index (χ0) is 13.0. The van der Waals surface area contributed by atoms with Crippen LogP contribution in [0, 0.1) is 5.92 Å². The van der Waals surface area contributed by atoms with Crippen LogP contribution >= 0.6 is 0 Å². The van der Waals surface area contributed by atoms with Crippen LogP contribution in [0.25, 0.3) is 0 Å². The van der Waals surface area contributed by atoms with Gasteiger partial charge in [0.2, 0.25) is 5.91 Å². The van der Waals surface area contributed by atoms with Crippen molar-refractivity contribution in [3.63, 3.8) is 0 Å². The van der Waals surface area contributed by atoms with E-state index in [1.807, 2.05) is 0 Å².